The molecule has 0 bridgehead atoms. The van der Waals surface area contributed by atoms with Gasteiger partial charge in [-0.05, 0) is 69.0 Å². The summed E-state index contributed by atoms with van der Waals surface area (Å²) in [6.45, 7) is 1.12. The van der Waals surface area contributed by atoms with Crippen molar-refractivity contribution < 1.29 is 19.1 Å². The molecule has 1 aliphatic rings. The molecule has 1 fully saturated rings. The van der Waals surface area contributed by atoms with E-state index in [1.807, 2.05) is 19.0 Å². The molecule has 1 aromatic carbocycles. The molecule has 1 N–H and O–H groups in total. The predicted molar refractivity (Wildman–Crippen MR) is 103 cm³/mol. The maximum Gasteiger partial charge on any atom is 0.295 e. The lowest BCUT2D eigenvalue weighted by molar-refractivity contribution is -0.139. The topological polar surface area (TPSA) is 73.7 Å². The second kappa shape index (κ2) is 8.31. The van der Waals surface area contributed by atoms with Gasteiger partial charge >= 0.3 is 0 Å². The number of halogens is 1. The van der Waals surface area contributed by atoms with Gasteiger partial charge < -0.3 is 14.9 Å². The molecule has 1 unspecified atom stereocenters. The standard InChI is InChI=1S/C21H22FN3O3/c1-24(2)12-3-13-25-18(14-8-10-23-11-9-14)17(20(27)21(25)28)19(26)15-4-6-16(22)7-5-15/h4-11,18,26H,3,12-13H2,1-2H3/b19-17-. The van der Waals surface area contributed by atoms with Crippen LogP contribution in [0.2, 0.25) is 0 Å². The van der Waals surface area contributed by atoms with E-state index in [1.54, 1.807) is 24.5 Å². The minimum absolute atomic E-state index is 0.00709. The van der Waals surface area contributed by atoms with Gasteiger partial charge in [0.2, 0.25) is 0 Å². The third kappa shape index (κ3) is 3.94. The number of aliphatic hydroxyl groups excluding tert-OH is 1. The highest BCUT2D eigenvalue weighted by Crippen LogP contribution is 2.39. The molecule has 1 amide bonds. The number of carbonyl (C=O) groups is 2. The van der Waals surface area contributed by atoms with Crippen molar-refractivity contribution in [3.8, 4) is 0 Å². The average Bonchev–Trinajstić information content (AvgIpc) is 2.93. The van der Waals surface area contributed by atoms with Crippen LogP contribution in [0, 0.1) is 5.82 Å². The Morgan fingerprint density at radius 3 is 2.39 bits per heavy atom. The summed E-state index contributed by atoms with van der Waals surface area (Å²) in [5.74, 6) is -2.15. The molecule has 3 rings (SSSR count). The maximum absolute atomic E-state index is 13.2. The SMILES string of the molecule is CN(C)CCCN1C(=O)C(=O)/C(=C(\O)c2ccc(F)cc2)C1c1ccncc1. The van der Waals surface area contributed by atoms with E-state index in [2.05, 4.69) is 4.98 Å². The minimum Gasteiger partial charge on any atom is -0.507 e. The van der Waals surface area contributed by atoms with Crippen LogP contribution < -0.4 is 0 Å². The van der Waals surface area contributed by atoms with Crippen LogP contribution in [0.5, 0.6) is 0 Å². The highest BCUT2D eigenvalue weighted by Gasteiger charge is 2.45. The second-order valence-electron chi connectivity index (χ2n) is 6.94. The van der Waals surface area contributed by atoms with Gasteiger partial charge in [0.15, 0.2) is 0 Å². The van der Waals surface area contributed by atoms with Crippen LogP contribution >= 0.6 is 0 Å². The lowest BCUT2D eigenvalue weighted by atomic mass is 9.96. The molecule has 0 spiro atoms. The summed E-state index contributed by atoms with van der Waals surface area (Å²) in [7, 11) is 3.87. The molecular weight excluding hydrogens is 361 g/mol. The van der Waals surface area contributed by atoms with Gasteiger partial charge in [0.25, 0.3) is 11.7 Å². The molecule has 2 aromatic rings. The van der Waals surface area contributed by atoms with E-state index < -0.39 is 23.5 Å². The van der Waals surface area contributed by atoms with Crippen molar-refractivity contribution >= 4 is 17.4 Å². The summed E-state index contributed by atoms with van der Waals surface area (Å²) < 4.78 is 13.2. The third-order valence-electron chi connectivity index (χ3n) is 4.68. The molecule has 1 aromatic heterocycles. The van der Waals surface area contributed by atoms with Gasteiger partial charge in [-0.15, -0.1) is 0 Å². The zero-order chi connectivity index (χ0) is 20.3. The van der Waals surface area contributed by atoms with Crippen LogP contribution in [-0.4, -0.2) is 58.8 Å². The minimum atomic E-state index is -0.742. The van der Waals surface area contributed by atoms with Crippen LogP contribution in [0.15, 0.2) is 54.4 Å². The summed E-state index contributed by atoms with van der Waals surface area (Å²) in [5, 5.41) is 10.8. The van der Waals surface area contributed by atoms with E-state index in [-0.39, 0.29) is 16.9 Å². The van der Waals surface area contributed by atoms with Gasteiger partial charge in [0, 0.05) is 24.5 Å². The van der Waals surface area contributed by atoms with Crippen molar-refractivity contribution in [2.24, 2.45) is 0 Å². The van der Waals surface area contributed by atoms with Gasteiger partial charge in [0.1, 0.15) is 11.6 Å². The second-order valence-corrected chi connectivity index (χ2v) is 6.94. The van der Waals surface area contributed by atoms with Crippen molar-refractivity contribution in [1.29, 1.82) is 0 Å². The number of rotatable bonds is 6. The lowest BCUT2D eigenvalue weighted by Crippen LogP contribution is -2.32. The third-order valence-corrected chi connectivity index (χ3v) is 4.68. The number of pyridine rings is 1. The van der Waals surface area contributed by atoms with Crippen molar-refractivity contribution in [3.63, 3.8) is 0 Å². The molecule has 6 nitrogen and oxygen atoms in total. The van der Waals surface area contributed by atoms with E-state index in [1.165, 1.54) is 29.2 Å². The fourth-order valence-electron chi connectivity index (χ4n) is 3.32. The van der Waals surface area contributed by atoms with Crippen molar-refractivity contribution in [2.75, 3.05) is 27.2 Å². The summed E-state index contributed by atoms with van der Waals surface area (Å²) in [4.78, 5) is 32.9. The molecular formula is C21H22FN3O3. The maximum atomic E-state index is 13.2. The summed E-state index contributed by atoms with van der Waals surface area (Å²) in [6, 6.07) is 7.88. The first-order valence-electron chi connectivity index (χ1n) is 8.99. The molecule has 1 aliphatic heterocycles. The number of aromatic nitrogens is 1. The number of ketones is 1. The molecule has 2 heterocycles. The number of aliphatic hydroxyl groups is 1. The van der Waals surface area contributed by atoms with E-state index in [9.17, 15) is 19.1 Å². The molecule has 0 radical (unpaired) electrons. The van der Waals surface area contributed by atoms with Crippen molar-refractivity contribution in [1.82, 2.24) is 14.8 Å². The van der Waals surface area contributed by atoms with Crippen LogP contribution in [0.25, 0.3) is 5.76 Å². The normalized spacial score (nSPS) is 18.9. The predicted octanol–water partition coefficient (Wildman–Crippen LogP) is 2.59. The molecule has 1 atom stereocenters. The number of benzene rings is 1. The van der Waals surface area contributed by atoms with Gasteiger partial charge in [0.05, 0.1) is 11.6 Å². The number of nitrogens with zero attached hydrogens (tertiary/aromatic N) is 3. The number of amides is 1. The fraction of sp³-hybridized carbons (Fsp3) is 0.286. The molecule has 7 heteroatoms. The van der Waals surface area contributed by atoms with Crippen LogP contribution in [0.4, 0.5) is 4.39 Å². The van der Waals surface area contributed by atoms with Gasteiger partial charge in [-0.25, -0.2) is 4.39 Å². The fourth-order valence-corrected chi connectivity index (χ4v) is 3.32. The number of Topliss-reactive ketones (excluding diaryl/α,β-unsaturated/α-hetero) is 1. The van der Waals surface area contributed by atoms with Crippen LogP contribution in [0.3, 0.4) is 0 Å². The Morgan fingerprint density at radius 1 is 1.14 bits per heavy atom. The van der Waals surface area contributed by atoms with Crippen LogP contribution in [0.1, 0.15) is 23.6 Å². The Hall–Kier alpha value is -3.06. The van der Waals surface area contributed by atoms with Gasteiger partial charge in [-0.3, -0.25) is 14.6 Å². The monoisotopic (exact) mass is 383 g/mol. The Balaban J connectivity index is 2.06. The Morgan fingerprint density at radius 2 is 1.79 bits per heavy atom. The molecule has 146 valence electrons. The van der Waals surface area contributed by atoms with E-state index >= 15 is 0 Å². The lowest BCUT2D eigenvalue weighted by Gasteiger charge is -2.25. The smallest absolute Gasteiger partial charge is 0.295 e. The van der Waals surface area contributed by atoms with Crippen molar-refractivity contribution in [3.05, 3.63) is 71.3 Å². The average molecular weight is 383 g/mol. The molecule has 1 saturated heterocycles. The van der Waals surface area contributed by atoms with Gasteiger partial charge in [-0.2, -0.15) is 0 Å². The number of carbonyl (C=O) groups excluding carboxylic acids is 2. The van der Waals surface area contributed by atoms with Crippen molar-refractivity contribution in [2.45, 2.75) is 12.5 Å². The van der Waals surface area contributed by atoms with E-state index in [4.69, 9.17) is 0 Å². The summed E-state index contributed by atoms with van der Waals surface area (Å²) >= 11 is 0. The van der Waals surface area contributed by atoms with E-state index in [0.717, 1.165) is 6.54 Å². The Kier molecular flexibility index (Phi) is 5.84. The Labute approximate surface area is 162 Å². The quantitative estimate of drug-likeness (QED) is 0.472. The first-order chi connectivity index (χ1) is 13.4. The van der Waals surface area contributed by atoms with E-state index in [0.29, 0.717) is 18.5 Å². The first-order valence-corrected chi connectivity index (χ1v) is 8.99. The highest BCUT2D eigenvalue weighted by molar-refractivity contribution is 6.46. The molecule has 0 aliphatic carbocycles. The molecule has 28 heavy (non-hydrogen) atoms. The number of hydrogen-bond acceptors (Lipinski definition) is 5. The Bertz CT molecular complexity index is 895. The summed E-state index contributed by atoms with van der Waals surface area (Å²) in [5.41, 5.74) is 0.974. The number of likely N-dealkylation sites (tertiary alicyclic amines) is 1. The largest absolute Gasteiger partial charge is 0.507 e. The van der Waals surface area contributed by atoms with Gasteiger partial charge in [-0.1, -0.05) is 0 Å². The number of hydrogen-bond donors (Lipinski definition) is 1. The van der Waals surface area contributed by atoms with Crippen LogP contribution in [-0.2, 0) is 9.59 Å². The summed E-state index contributed by atoms with van der Waals surface area (Å²) in [6.07, 6.45) is 3.83. The zero-order valence-corrected chi connectivity index (χ0v) is 15.8. The first kappa shape index (κ1) is 19.7. The zero-order valence-electron chi connectivity index (χ0n) is 15.8. The highest BCUT2D eigenvalue weighted by atomic mass is 19.1. The molecule has 0 saturated carbocycles.